The van der Waals surface area contributed by atoms with E-state index in [-0.39, 0.29) is 0 Å². The van der Waals surface area contributed by atoms with Crippen molar-refractivity contribution in [1.29, 1.82) is 0 Å². The van der Waals surface area contributed by atoms with Crippen LogP contribution in [0.25, 0.3) is 0 Å². The zero-order valence-electron chi connectivity index (χ0n) is 27.4. The highest BCUT2D eigenvalue weighted by Gasteiger charge is 2.55. The Bertz CT molecular complexity index is 1140. The van der Waals surface area contributed by atoms with Gasteiger partial charge in [-0.1, -0.05) is 0 Å². The first kappa shape index (κ1) is 41.9. The molecule has 0 aromatic carbocycles. The number of aliphatic hydroxyl groups excluding tert-OH is 12. The largest absolute Gasteiger partial charge is 0.394 e. The second-order valence-electron chi connectivity index (χ2n) is 12.7. The van der Waals surface area contributed by atoms with Crippen LogP contribution in [0, 0.1) is 0 Å². The van der Waals surface area contributed by atoms with E-state index in [4.69, 9.17) is 33.2 Å². The zero-order chi connectivity index (χ0) is 37.9. The van der Waals surface area contributed by atoms with Crippen molar-refractivity contribution in [2.24, 2.45) is 0 Å². The third-order valence-corrected chi connectivity index (χ3v) is 8.99. The minimum Gasteiger partial charge on any atom is -0.394 e. The van der Waals surface area contributed by atoms with E-state index in [1.54, 1.807) is 0 Å². The van der Waals surface area contributed by atoms with Crippen LogP contribution in [0.15, 0.2) is 0 Å². The van der Waals surface area contributed by atoms with Gasteiger partial charge in [0.2, 0.25) is 11.8 Å². The molecule has 4 heterocycles. The van der Waals surface area contributed by atoms with Crippen LogP contribution in [0.2, 0.25) is 0 Å². The minimum atomic E-state index is -2.01. The van der Waals surface area contributed by atoms with Gasteiger partial charge in [-0.3, -0.25) is 9.59 Å². The Hall–Kier alpha value is -1.82. The second-order valence-corrected chi connectivity index (χ2v) is 12.7. The van der Waals surface area contributed by atoms with Crippen LogP contribution >= 0.6 is 0 Å². The summed E-state index contributed by atoms with van der Waals surface area (Å²) in [5.41, 5.74) is 0. The molecule has 0 bridgehead atoms. The van der Waals surface area contributed by atoms with Gasteiger partial charge in [-0.2, -0.15) is 0 Å². The van der Waals surface area contributed by atoms with Gasteiger partial charge in [0.05, 0.1) is 26.4 Å². The first-order valence-corrected chi connectivity index (χ1v) is 16.1. The Morgan fingerprint density at radius 1 is 0.510 bits per heavy atom. The molecule has 0 spiro atoms. The van der Waals surface area contributed by atoms with Gasteiger partial charge < -0.3 is 105 Å². The molecule has 0 aromatic heterocycles. The van der Waals surface area contributed by atoms with E-state index in [1.807, 2.05) is 0 Å². The van der Waals surface area contributed by atoms with E-state index in [0.29, 0.717) is 0 Å². The van der Waals surface area contributed by atoms with Gasteiger partial charge in [-0.25, -0.2) is 0 Å². The van der Waals surface area contributed by atoms with Crippen molar-refractivity contribution in [2.45, 2.75) is 137 Å². The van der Waals surface area contributed by atoms with Crippen molar-refractivity contribution >= 4 is 11.8 Å². The molecule has 23 nitrogen and oxygen atoms in total. The maximum Gasteiger partial charge on any atom is 0.217 e. The summed E-state index contributed by atoms with van der Waals surface area (Å²) in [4.78, 5) is 24.0. The summed E-state index contributed by atoms with van der Waals surface area (Å²) in [6.07, 6.45) is -31.0. The molecule has 4 aliphatic heterocycles. The summed E-state index contributed by atoms with van der Waals surface area (Å²) in [6.45, 7) is -1.04. The molecule has 2 amide bonds. The third kappa shape index (κ3) is 9.29. The fourth-order valence-electron chi connectivity index (χ4n) is 6.25. The molecule has 51 heavy (non-hydrogen) atoms. The van der Waals surface area contributed by atoms with Crippen molar-refractivity contribution in [3.8, 4) is 0 Å². The fraction of sp³-hybridized carbons (Fsp3) is 0.929. The number of ether oxygens (including phenoxy) is 7. The first-order valence-electron chi connectivity index (χ1n) is 16.1. The van der Waals surface area contributed by atoms with Crippen LogP contribution in [0.5, 0.6) is 0 Å². The smallest absolute Gasteiger partial charge is 0.217 e. The molecule has 0 radical (unpaired) electrons. The first-order chi connectivity index (χ1) is 24.0. The summed E-state index contributed by atoms with van der Waals surface area (Å²) in [7, 11) is 0. The highest BCUT2D eigenvalue weighted by Crippen LogP contribution is 2.33. The molecule has 296 valence electrons. The van der Waals surface area contributed by atoms with Crippen LogP contribution in [0.4, 0.5) is 0 Å². The maximum absolute atomic E-state index is 12.1. The summed E-state index contributed by atoms with van der Waals surface area (Å²) in [5, 5.41) is 129. The number of carbonyl (C=O) groups excluding carboxylic acids is 2. The van der Waals surface area contributed by atoms with Gasteiger partial charge in [-0.15, -0.1) is 0 Å². The number of nitrogens with one attached hydrogen (secondary N) is 2. The van der Waals surface area contributed by atoms with Gasteiger partial charge in [0, 0.05) is 13.8 Å². The lowest BCUT2D eigenvalue weighted by atomic mass is 9.94. The molecule has 4 saturated heterocycles. The number of amides is 2. The molecule has 23 heteroatoms. The van der Waals surface area contributed by atoms with Crippen molar-refractivity contribution in [1.82, 2.24) is 10.6 Å². The Morgan fingerprint density at radius 3 is 1.57 bits per heavy atom. The number of carbonyl (C=O) groups is 2. The highest BCUT2D eigenvalue weighted by molar-refractivity contribution is 5.73. The average molecular weight is 749 g/mol. The van der Waals surface area contributed by atoms with Crippen molar-refractivity contribution in [3.63, 3.8) is 0 Å². The predicted octanol–water partition coefficient (Wildman–Crippen LogP) is -9.46. The quantitative estimate of drug-likeness (QED) is 0.0881. The van der Waals surface area contributed by atoms with Crippen LogP contribution < -0.4 is 10.6 Å². The van der Waals surface area contributed by atoms with Crippen molar-refractivity contribution in [2.75, 3.05) is 26.4 Å². The Balaban J connectivity index is 1.53. The standard InChI is InChI=1S/C28H48N2O21/c1-7(34)29-13-18(39)15(36)9(3-31)47-27(13)51-24-17(38)10(4-32)48-28(22(24)43)50-23-11(5-33)49-26(14(19(23)40)30-8(2)35)45-6-12-16(37)20(41)21(42)25(44)46-12/h9-28,31-33,36-44H,3-6H2,1-2H3,(H,29,34)(H,30,35)/t9-,10-,11-,12-,13-,14-,15-,16+,17+,18-,19-,20+,21-,22-,23-,24+,25-,26-,27+,28+/m1/s1. The van der Waals surface area contributed by atoms with E-state index in [2.05, 4.69) is 10.6 Å². The van der Waals surface area contributed by atoms with Gasteiger partial charge in [0.1, 0.15) is 97.5 Å². The van der Waals surface area contributed by atoms with E-state index in [1.165, 1.54) is 0 Å². The van der Waals surface area contributed by atoms with Gasteiger partial charge in [0.25, 0.3) is 0 Å². The molecule has 0 unspecified atom stereocenters. The number of rotatable bonds is 12. The third-order valence-electron chi connectivity index (χ3n) is 8.99. The molecule has 4 rings (SSSR count). The topological polar surface area (TPSA) is 366 Å². The molecule has 4 aliphatic rings. The number of hydrogen-bond acceptors (Lipinski definition) is 21. The zero-order valence-corrected chi connectivity index (χ0v) is 27.4. The molecule has 4 fully saturated rings. The monoisotopic (exact) mass is 748 g/mol. The van der Waals surface area contributed by atoms with Crippen LogP contribution in [-0.4, -0.2) is 222 Å². The Morgan fingerprint density at radius 2 is 1.00 bits per heavy atom. The molecule has 14 N–H and O–H groups in total. The predicted molar refractivity (Wildman–Crippen MR) is 157 cm³/mol. The summed E-state index contributed by atoms with van der Waals surface area (Å²) < 4.78 is 39.1. The Kier molecular flexibility index (Phi) is 14.8. The maximum atomic E-state index is 12.1. The highest BCUT2D eigenvalue weighted by atomic mass is 16.8. The molecule has 0 aliphatic carbocycles. The van der Waals surface area contributed by atoms with E-state index >= 15 is 0 Å². The van der Waals surface area contributed by atoms with Crippen molar-refractivity contribution in [3.05, 3.63) is 0 Å². The van der Waals surface area contributed by atoms with Crippen LogP contribution in [0.1, 0.15) is 13.8 Å². The van der Waals surface area contributed by atoms with Crippen molar-refractivity contribution < 1.29 is 104 Å². The molecular formula is C28H48N2O21. The van der Waals surface area contributed by atoms with E-state index in [0.717, 1.165) is 13.8 Å². The fourth-order valence-corrected chi connectivity index (χ4v) is 6.25. The number of hydrogen-bond donors (Lipinski definition) is 14. The SMILES string of the molecule is CC(=O)N[C@H]1[C@H](OC[C@H]2O[C@@H](O)[C@H](O)[C@@H](O)[C@H]2O)O[C@H](CO)[C@@H](O[C@@H]2O[C@H](CO)[C@H](O)[C@H](O[C@@H]3O[C@H](CO)[C@@H](O)[C@H](O)[C@H]3NC(C)=O)[C@H]2O)[C@@H]1O. The molecule has 0 aromatic rings. The van der Waals surface area contributed by atoms with E-state index in [9.17, 15) is 70.9 Å². The molecule has 20 atom stereocenters. The average Bonchev–Trinajstić information content (AvgIpc) is 3.08. The summed E-state index contributed by atoms with van der Waals surface area (Å²) >= 11 is 0. The number of aliphatic hydroxyl groups is 12. The molecule has 0 saturated carbocycles. The van der Waals surface area contributed by atoms with Gasteiger partial charge in [0.15, 0.2) is 25.2 Å². The van der Waals surface area contributed by atoms with Crippen LogP contribution in [-0.2, 0) is 42.7 Å². The normalized spacial score (nSPS) is 47.8. The second kappa shape index (κ2) is 18.0. The van der Waals surface area contributed by atoms with Gasteiger partial charge in [-0.05, 0) is 0 Å². The van der Waals surface area contributed by atoms with E-state index < -0.39 is 161 Å². The minimum absolute atomic E-state index is 0.635. The lowest BCUT2D eigenvalue weighted by molar-refractivity contribution is -0.370. The lowest BCUT2D eigenvalue weighted by Crippen LogP contribution is -2.69. The molecular weight excluding hydrogens is 700 g/mol. The Labute approximate surface area is 289 Å². The lowest BCUT2D eigenvalue weighted by Gasteiger charge is -2.49. The van der Waals surface area contributed by atoms with Gasteiger partial charge >= 0.3 is 0 Å². The van der Waals surface area contributed by atoms with Crippen LogP contribution in [0.3, 0.4) is 0 Å². The summed E-state index contributed by atoms with van der Waals surface area (Å²) in [6, 6.07) is -2.99. The summed E-state index contributed by atoms with van der Waals surface area (Å²) in [5.74, 6) is -1.40.